The summed E-state index contributed by atoms with van der Waals surface area (Å²) < 4.78 is 8.95. The summed E-state index contributed by atoms with van der Waals surface area (Å²) in [6.07, 6.45) is 47.8. The average molecular weight is 853 g/mol. The van der Waals surface area contributed by atoms with Crippen LogP contribution in [0.25, 0.3) is 0 Å². The Morgan fingerprint density at radius 3 is 1.09 bits per heavy atom. The molecule has 0 fully saturated rings. The molecule has 0 saturated carbocycles. The third kappa shape index (κ3) is 76.6. The number of ether oxygens (including phenoxy) is 1. The molecule has 0 amide bonds. The van der Waals surface area contributed by atoms with Crippen molar-refractivity contribution in [2.45, 2.75) is 275 Å². The van der Waals surface area contributed by atoms with E-state index in [1.807, 2.05) is 20.9 Å². The third-order valence-corrected chi connectivity index (χ3v) is 10.7. The summed E-state index contributed by atoms with van der Waals surface area (Å²) in [5, 5.41) is 2.75. The molecule has 0 aromatic heterocycles. The number of nitrogens with zero attached hydrogens (tertiary/aromatic N) is 1. The molecule has 58 heavy (non-hydrogen) atoms. The topological polar surface area (TPSA) is 53.6 Å². The second kappa shape index (κ2) is 74.3. The van der Waals surface area contributed by atoms with E-state index >= 15 is 0 Å². The van der Waals surface area contributed by atoms with E-state index in [0.717, 1.165) is 25.7 Å². The number of hydrogen-bond donors (Lipinski definition) is 3. The highest BCUT2D eigenvalue weighted by Gasteiger charge is 2.06. The van der Waals surface area contributed by atoms with Crippen LogP contribution in [0.4, 0.5) is 0 Å². The van der Waals surface area contributed by atoms with Crippen LogP contribution in [0.15, 0.2) is 0 Å². The zero-order valence-corrected chi connectivity index (χ0v) is 40.2. The summed E-state index contributed by atoms with van der Waals surface area (Å²) in [5.74, 6) is 0.719. The molecule has 0 saturated heterocycles. The van der Waals surface area contributed by atoms with Crippen molar-refractivity contribution in [3.8, 4) is 0 Å². The maximum atomic E-state index is 8.00. The maximum Gasteiger partial charge on any atom is 0.106 e. The van der Waals surface area contributed by atoms with Gasteiger partial charge in [0, 0.05) is 21.2 Å². The Morgan fingerprint density at radius 2 is 0.759 bits per heavy atom. The number of carbonyl (C=O) groups excluding carboxylic acids is 1. The van der Waals surface area contributed by atoms with E-state index in [9.17, 15) is 0 Å². The molecule has 5 nitrogen and oxygen atoms in total. The van der Waals surface area contributed by atoms with Gasteiger partial charge < -0.3 is 19.7 Å². The number of carbonyl (C=O) groups is 1. The van der Waals surface area contributed by atoms with E-state index in [1.54, 1.807) is 0 Å². The Labute approximate surface area is 378 Å². The summed E-state index contributed by atoms with van der Waals surface area (Å²) in [6, 6.07) is 0. The van der Waals surface area contributed by atoms with E-state index in [2.05, 4.69) is 62.4 Å². The van der Waals surface area contributed by atoms with Crippen LogP contribution in [-0.2, 0) is 9.53 Å². The Kier molecular flexibility index (Phi) is 92.7. The Hall–Kier alpha value is -0.140. The number of thiol groups is 1. The lowest BCUT2D eigenvalue weighted by atomic mass is 10.0. The minimum atomic E-state index is 0. The van der Waals surface area contributed by atoms with Gasteiger partial charge in [-0.05, 0) is 71.8 Å². The fourth-order valence-electron chi connectivity index (χ4n) is 6.99. The van der Waals surface area contributed by atoms with Crippen molar-refractivity contribution in [2.75, 3.05) is 53.5 Å². The predicted octanol–water partition coefficient (Wildman–Crippen LogP) is 17.5. The Balaban J connectivity index is -0.000000221. The summed E-state index contributed by atoms with van der Waals surface area (Å²) >= 11 is 4.19. The van der Waals surface area contributed by atoms with Crippen LogP contribution in [0.1, 0.15) is 277 Å². The molecule has 0 aliphatic carbocycles. The van der Waals surface area contributed by atoms with Crippen LogP contribution in [0.2, 0.25) is 0 Å². The van der Waals surface area contributed by atoms with Crippen molar-refractivity contribution in [3.05, 3.63) is 0 Å². The molecule has 0 rings (SSSR count). The largest absolute Gasteiger partial charge is 0.381 e. The first-order valence-electron chi connectivity index (χ1n) is 24.6. The minimum Gasteiger partial charge on any atom is -0.381 e. The van der Waals surface area contributed by atoms with Crippen LogP contribution in [0, 0.1) is 5.92 Å². The fourth-order valence-corrected chi connectivity index (χ4v) is 7.15. The fraction of sp³-hybridized carbons (Fsp3) is 0.981. The molecule has 1 atom stereocenters. The number of hydrogen-bond acceptors (Lipinski definition) is 6. The summed E-state index contributed by atoms with van der Waals surface area (Å²) in [7, 11) is 3.75. The van der Waals surface area contributed by atoms with E-state index in [1.165, 1.54) is 238 Å². The highest BCUT2D eigenvalue weighted by atomic mass is 32.1. The van der Waals surface area contributed by atoms with Crippen molar-refractivity contribution >= 4 is 19.6 Å². The molecule has 0 heterocycles. The van der Waals surface area contributed by atoms with Gasteiger partial charge in [-0.15, -0.1) is 0 Å². The van der Waals surface area contributed by atoms with Gasteiger partial charge in [0.2, 0.25) is 0 Å². The molecule has 0 bridgehead atoms. The van der Waals surface area contributed by atoms with Gasteiger partial charge in [0.05, 0.1) is 0 Å². The molecule has 0 aromatic rings. The van der Waals surface area contributed by atoms with E-state index in [0.29, 0.717) is 0 Å². The highest BCUT2D eigenvalue weighted by Crippen LogP contribution is 2.15. The van der Waals surface area contributed by atoms with Crippen molar-refractivity contribution in [3.63, 3.8) is 0 Å². The van der Waals surface area contributed by atoms with Crippen molar-refractivity contribution in [1.82, 2.24) is 14.9 Å². The molecule has 0 spiro atoms. The molecule has 1 unspecified atom stereocenters. The van der Waals surface area contributed by atoms with E-state index in [-0.39, 0.29) is 23.7 Å². The molecule has 0 aliphatic heterocycles. The predicted molar refractivity (Wildman–Crippen MR) is 277 cm³/mol. The smallest absolute Gasteiger partial charge is 0.106 e. The second-order valence-corrected chi connectivity index (χ2v) is 16.8. The Morgan fingerprint density at radius 1 is 0.483 bits per heavy atom. The third-order valence-electron chi connectivity index (χ3n) is 10.5. The molecule has 6 heteroatoms. The van der Waals surface area contributed by atoms with Gasteiger partial charge in [0.1, 0.15) is 6.79 Å². The van der Waals surface area contributed by atoms with Crippen LogP contribution in [-0.4, -0.2) is 65.2 Å². The van der Waals surface area contributed by atoms with Gasteiger partial charge in [-0.1, -0.05) is 256 Å². The second-order valence-electron chi connectivity index (χ2n) is 16.5. The zero-order valence-electron chi connectivity index (χ0n) is 39.3. The molecule has 0 aliphatic rings. The number of nitrogens with one attached hydrogen (secondary N) is 2. The normalized spacial score (nSPS) is 10.8. The highest BCUT2D eigenvalue weighted by molar-refractivity contribution is 7.78. The van der Waals surface area contributed by atoms with Gasteiger partial charge in [-0.25, -0.2) is 0 Å². The summed E-state index contributed by atoms with van der Waals surface area (Å²) in [5.41, 5.74) is 0. The van der Waals surface area contributed by atoms with Crippen LogP contribution < -0.4 is 10.0 Å². The van der Waals surface area contributed by atoms with Gasteiger partial charge >= 0.3 is 0 Å². The first-order valence-corrected chi connectivity index (χ1v) is 25.1. The van der Waals surface area contributed by atoms with Gasteiger partial charge in [-0.2, -0.15) is 0 Å². The molecular formula is C52H121N3O2S. The summed E-state index contributed by atoms with van der Waals surface area (Å²) in [4.78, 5) is 10.7. The van der Waals surface area contributed by atoms with Crippen molar-refractivity contribution < 1.29 is 11.0 Å². The van der Waals surface area contributed by atoms with Gasteiger partial charge in [0.15, 0.2) is 0 Å². The first-order chi connectivity index (χ1) is 27.1. The Bertz CT molecular complexity index is 602. The van der Waals surface area contributed by atoms with Gasteiger partial charge in [-0.3, -0.25) is 4.72 Å². The maximum absolute atomic E-state index is 8.00. The SMILES string of the molecule is C.C.C.C=O.CCCCCCCC.CCCCCCCCCCCCCCCCCCN(CCCCCCCC(C)COCCCCCCC)CCCNS.CNC.[HH]. The van der Waals surface area contributed by atoms with Gasteiger partial charge in [0.25, 0.3) is 0 Å². The lowest BCUT2D eigenvalue weighted by Crippen LogP contribution is -2.28. The zero-order chi connectivity index (χ0) is 41.6. The lowest BCUT2D eigenvalue weighted by molar-refractivity contribution is -0.0980. The quantitative estimate of drug-likeness (QED) is 0.0422. The van der Waals surface area contributed by atoms with Crippen LogP contribution in [0.3, 0.4) is 0 Å². The minimum absolute atomic E-state index is 0. The molecule has 2 N–H and O–H groups in total. The van der Waals surface area contributed by atoms with E-state index < -0.39 is 0 Å². The number of unbranched alkanes of at least 4 members (excludes halogenated alkanes) is 28. The molecule has 0 radical (unpaired) electrons. The molecular weight excluding hydrogens is 731 g/mol. The summed E-state index contributed by atoms with van der Waals surface area (Å²) in [6.45, 7) is 20.2. The monoisotopic (exact) mass is 852 g/mol. The van der Waals surface area contributed by atoms with E-state index in [4.69, 9.17) is 9.53 Å². The number of rotatable bonds is 42. The molecule has 0 aromatic carbocycles. The standard InChI is InChI=1S/C38H80N2OS.C8H18.C2H7N.CH2O.3CH4.H2/c1-4-6-8-10-11-12-13-14-15-16-17-18-19-20-23-27-33-40(35-30-32-39-42)34-28-24-21-22-26-31-38(3)37-41-36-29-25-9-7-5-2;1-3-5-7-8-6-4-2;1-3-2;1-2;;;;/h38-39,42H,4-37H2,1-3H3;3-8H2,1-2H3;3H,1-2H3;1H2;3*1H4;1H. The van der Waals surface area contributed by atoms with Crippen LogP contribution >= 0.6 is 12.8 Å². The van der Waals surface area contributed by atoms with Crippen molar-refractivity contribution in [2.24, 2.45) is 5.92 Å². The van der Waals surface area contributed by atoms with Crippen molar-refractivity contribution in [1.29, 1.82) is 0 Å². The molecule has 362 valence electrons. The lowest BCUT2D eigenvalue weighted by Gasteiger charge is -2.22. The van der Waals surface area contributed by atoms with Crippen LogP contribution in [0.5, 0.6) is 0 Å². The first kappa shape index (κ1) is 72.3. The average Bonchev–Trinajstić information content (AvgIpc) is 3.19.